The summed E-state index contributed by atoms with van der Waals surface area (Å²) in [6.45, 7) is 6.68. The second-order valence-corrected chi connectivity index (χ2v) is 8.12. The molecule has 30 heavy (non-hydrogen) atoms. The smallest absolute Gasteiger partial charge is 0.247 e. The van der Waals surface area contributed by atoms with E-state index in [0.717, 1.165) is 25.7 Å². The summed E-state index contributed by atoms with van der Waals surface area (Å²) in [6.07, 6.45) is 14.2. The van der Waals surface area contributed by atoms with Gasteiger partial charge < -0.3 is 26.4 Å². The maximum atomic E-state index is 12.9. The molecule has 1 atom stereocenters. The first-order chi connectivity index (χ1) is 14.6. The maximum Gasteiger partial charge on any atom is 0.247 e. The zero-order chi connectivity index (χ0) is 22.5. The van der Waals surface area contributed by atoms with Crippen molar-refractivity contribution < 1.29 is 14.3 Å². The van der Waals surface area contributed by atoms with Crippen molar-refractivity contribution in [2.45, 2.75) is 96.9 Å². The van der Waals surface area contributed by atoms with Crippen molar-refractivity contribution in [3.8, 4) is 0 Å². The van der Waals surface area contributed by atoms with Gasteiger partial charge in [-0.2, -0.15) is 0 Å². The van der Waals surface area contributed by atoms with Crippen LogP contribution in [0.4, 0.5) is 0 Å². The number of unbranched alkanes of at least 4 members (excludes halogenated alkanes) is 9. The molecule has 0 fully saturated rings. The number of amides is 2. The van der Waals surface area contributed by atoms with Gasteiger partial charge in [0.2, 0.25) is 11.8 Å². The van der Waals surface area contributed by atoms with Crippen LogP contribution in [0.2, 0.25) is 0 Å². The normalized spacial score (nSPS) is 12.0. The van der Waals surface area contributed by atoms with Gasteiger partial charge in [-0.15, -0.1) is 0 Å². The molecule has 0 aromatic rings. The third-order valence-electron chi connectivity index (χ3n) is 5.18. The zero-order valence-electron chi connectivity index (χ0n) is 19.6. The monoisotopic (exact) mass is 428 g/mol. The van der Waals surface area contributed by atoms with E-state index in [1.165, 1.54) is 58.3 Å². The van der Waals surface area contributed by atoms with Gasteiger partial charge in [0, 0.05) is 26.6 Å². The third-order valence-corrected chi connectivity index (χ3v) is 5.18. The van der Waals surface area contributed by atoms with Crippen molar-refractivity contribution in [2.24, 2.45) is 11.5 Å². The fourth-order valence-electron chi connectivity index (χ4n) is 3.43. The molecule has 0 radical (unpaired) electrons. The lowest BCUT2D eigenvalue weighted by atomic mass is 10.1. The van der Waals surface area contributed by atoms with E-state index in [-0.39, 0.29) is 18.4 Å². The fraction of sp³-hybridized carbons (Fsp3) is 0.913. The minimum absolute atomic E-state index is 0.116. The van der Waals surface area contributed by atoms with E-state index in [2.05, 4.69) is 12.2 Å². The maximum absolute atomic E-state index is 12.9. The number of nitrogens with two attached hydrogens (primary N) is 2. The Bertz CT molecular complexity index is 413. The number of nitrogens with one attached hydrogen (secondary N) is 1. The number of hydrogen-bond donors (Lipinski definition) is 3. The second-order valence-electron chi connectivity index (χ2n) is 8.12. The standard InChI is InChI=1S/C23H48N4O3/c1-3-4-5-6-7-8-9-10-11-12-19-30-20-22(26-21(2)28)23(29)27(17-13-15-24)18-14-16-25/h22H,3-20,24-25H2,1-2H3,(H,26,28)/t22-/m1/s1. The molecule has 0 aliphatic heterocycles. The first-order valence-electron chi connectivity index (χ1n) is 12.1. The number of rotatable bonds is 21. The number of hydrogen-bond acceptors (Lipinski definition) is 5. The molecule has 0 rings (SSSR count). The average Bonchev–Trinajstić information content (AvgIpc) is 2.73. The highest BCUT2D eigenvalue weighted by molar-refractivity contribution is 5.87. The van der Waals surface area contributed by atoms with Gasteiger partial charge in [-0.3, -0.25) is 9.59 Å². The van der Waals surface area contributed by atoms with E-state index in [9.17, 15) is 9.59 Å². The van der Waals surface area contributed by atoms with Gasteiger partial charge in [-0.05, 0) is 32.4 Å². The Hall–Kier alpha value is -1.18. The lowest BCUT2D eigenvalue weighted by Crippen LogP contribution is -2.51. The summed E-state index contributed by atoms with van der Waals surface area (Å²) in [5.41, 5.74) is 11.2. The summed E-state index contributed by atoms with van der Waals surface area (Å²) in [5.74, 6) is -0.344. The van der Waals surface area contributed by atoms with Gasteiger partial charge in [0.05, 0.1) is 6.61 Å². The lowest BCUT2D eigenvalue weighted by molar-refractivity contribution is -0.138. The number of carbonyl (C=O) groups excluding carboxylic acids is 2. The summed E-state index contributed by atoms with van der Waals surface area (Å²) >= 11 is 0. The van der Waals surface area contributed by atoms with E-state index < -0.39 is 6.04 Å². The first-order valence-corrected chi connectivity index (χ1v) is 12.1. The Labute approximate surface area is 184 Å². The molecule has 0 aliphatic carbocycles. The van der Waals surface area contributed by atoms with Crippen LogP contribution in [0.15, 0.2) is 0 Å². The van der Waals surface area contributed by atoms with Crippen LogP contribution in [-0.4, -0.2) is 62.1 Å². The predicted molar refractivity (Wildman–Crippen MR) is 124 cm³/mol. The lowest BCUT2D eigenvalue weighted by Gasteiger charge is -2.27. The van der Waals surface area contributed by atoms with Gasteiger partial charge in [-0.1, -0.05) is 64.7 Å². The number of nitrogens with zero attached hydrogens (tertiary/aromatic N) is 1. The molecule has 5 N–H and O–H groups in total. The Morgan fingerprint density at radius 1 is 0.833 bits per heavy atom. The van der Waals surface area contributed by atoms with Gasteiger partial charge in [0.15, 0.2) is 0 Å². The van der Waals surface area contributed by atoms with E-state index in [0.29, 0.717) is 32.8 Å². The molecule has 0 aromatic heterocycles. The van der Waals surface area contributed by atoms with Crippen molar-refractivity contribution >= 4 is 11.8 Å². The minimum atomic E-state index is -0.652. The summed E-state index contributed by atoms with van der Waals surface area (Å²) in [7, 11) is 0. The molecule has 0 aliphatic rings. The average molecular weight is 429 g/mol. The van der Waals surface area contributed by atoms with E-state index in [1.807, 2.05) is 0 Å². The molecule has 7 heteroatoms. The van der Waals surface area contributed by atoms with Crippen molar-refractivity contribution in [3.05, 3.63) is 0 Å². The summed E-state index contributed by atoms with van der Waals surface area (Å²) < 4.78 is 5.74. The fourth-order valence-corrected chi connectivity index (χ4v) is 3.43. The minimum Gasteiger partial charge on any atom is -0.379 e. The topological polar surface area (TPSA) is 111 Å². The van der Waals surface area contributed by atoms with Crippen molar-refractivity contribution in [1.82, 2.24) is 10.2 Å². The number of carbonyl (C=O) groups is 2. The number of ether oxygens (including phenoxy) is 1. The Kier molecular flexibility index (Phi) is 20.2. The highest BCUT2D eigenvalue weighted by atomic mass is 16.5. The molecule has 0 aromatic carbocycles. The molecule has 178 valence electrons. The van der Waals surface area contributed by atoms with E-state index in [1.54, 1.807) is 4.90 Å². The van der Waals surface area contributed by atoms with Gasteiger partial charge >= 0.3 is 0 Å². The van der Waals surface area contributed by atoms with E-state index in [4.69, 9.17) is 16.2 Å². The summed E-state index contributed by atoms with van der Waals surface area (Å²) in [4.78, 5) is 26.2. The molecule has 0 unspecified atom stereocenters. The van der Waals surface area contributed by atoms with Crippen LogP contribution in [-0.2, 0) is 14.3 Å². The van der Waals surface area contributed by atoms with E-state index >= 15 is 0 Å². The SMILES string of the molecule is CCCCCCCCCCCCOC[C@@H](NC(C)=O)C(=O)N(CCCN)CCCN. The highest BCUT2D eigenvalue weighted by Crippen LogP contribution is 2.10. The molecular weight excluding hydrogens is 380 g/mol. The predicted octanol–water partition coefficient (Wildman–Crippen LogP) is 2.95. The van der Waals surface area contributed by atoms with Crippen molar-refractivity contribution in [3.63, 3.8) is 0 Å². The van der Waals surface area contributed by atoms with Crippen LogP contribution in [0, 0.1) is 0 Å². The molecule has 7 nitrogen and oxygen atoms in total. The van der Waals surface area contributed by atoms with Crippen LogP contribution in [0.3, 0.4) is 0 Å². The molecule has 0 heterocycles. The molecule has 2 amide bonds. The van der Waals surface area contributed by atoms with Gasteiger partial charge in [-0.25, -0.2) is 0 Å². The summed E-state index contributed by atoms with van der Waals surface area (Å²) in [5, 5.41) is 2.74. The molecule has 0 saturated carbocycles. The van der Waals surface area contributed by atoms with Crippen LogP contribution >= 0.6 is 0 Å². The zero-order valence-corrected chi connectivity index (χ0v) is 19.6. The molecular formula is C23H48N4O3. The highest BCUT2D eigenvalue weighted by Gasteiger charge is 2.24. The van der Waals surface area contributed by atoms with Crippen LogP contribution in [0.25, 0.3) is 0 Å². The van der Waals surface area contributed by atoms with Gasteiger partial charge in [0.1, 0.15) is 6.04 Å². The Morgan fingerprint density at radius 3 is 1.80 bits per heavy atom. The quantitative estimate of drug-likeness (QED) is 0.243. The van der Waals surface area contributed by atoms with Crippen molar-refractivity contribution in [1.29, 1.82) is 0 Å². The Balaban J connectivity index is 4.12. The largest absolute Gasteiger partial charge is 0.379 e. The third kappa shape index (κ3) is 16.6. The molecule has 0 saturated heterocycles. The molecule has 0 spiro atoms. The van der Waals surface area contributed by atoms with Crippen LogP contribution in [0.1, 0.15) is 90.9 Å². The van der Waals surface area contributed by atoms with Crippen LogP contribution in [0.5, 0.6) is 0 Å². The first kappa shape index (κ1) is 28.8. The Morgan fingerprint density at radius 2 is 1.33 bits per heavy atom. The summed E-state index contributed by atoms with van der Waals surface area (Å²) in [6, 6.07) is -0.652. The van der Waals surface area contributed by atoms with Gasteiger partial charge in [0.25, 0.3) is 0 Å². The van der Waals surface area contributed by atoms with Crippen LogP contribution < -0.4 is 16.8 Å². The molecule has 0 bridgehead atoms. The van der Waals surface area contributed by atoms with Crippen molar-refractivity contribution in [2.75, 3.05) is 39.4 Å². The second kappa shape index (κ2) is 21.1.